The monoisotopic (exact) mass is 320 g/mol. The summed E-state index contributed by atoms with van der Waals surface area (Å²) in [5, 5.41) is 10.0. The van der Waals surface area contributed by atoms with Crippen LogP contribution in [0.2, 0.25) is 0 Å². The molecule has 0 aromatic carbocycles. The first-order chi connectivity index (χ1) is 11.2. The Morgan fingerprint density at radius 2 is 2.04 bits per heavy atom. The topological polar surface area (TPSA) is 78.1 Å². The van der Waals surface area contributed by atoms with E-state index in [1.165, 1.54) is 0 Å². The smallest absolute Gasteiger partial charge is 0.274 e. The fourth-order valence-corrected chi connectivity index (χ4v) is 2.91. The van der Waals surface area contributed by atoms with E-state index >= 15 is 0 Å². The van der Waals surface area contributed by atoms with Crippen LogP contribution in [0, 0.1) is 5.92 Å². The average molecular weight is 320 g/mol. The van der Waals surface area contributed by atoms with E-state index in [9.17, 15) is 9.59 Å². The predicted octanol–water partition coefficient (Wildman–Crippen LogP) is 2.13. The first-order valence-corrected chi connectivity index (χ1v) is 8.77. The number of piperidine rings is 1. The molecule has 23 heavy (non-hydrogen) atoms. The Bertz CT molecular complexity index is 518. The van der Waals surface area contributed by atoms with Crippen LogP contribution in [0.1, 0.15) is 62.1 Å². The van der Waals surface area contributed by atoms with Crippen LogP contribution in [0.25, 0.3) is 0 Å². The number of aryl methyl sites for hydroxylation is 1. The van der Waals surface area contributed by atoms with E-state index in [-0.39, 0.29) is 17.7 Å². The number of amides is 2. The maximum atomic E-state index is 12.4. The van der Waals surface area contributed by atoms with Gasteiger partial charge in [-0.15, -0.1) is 0 Å². The van der Waals surface area contributed by atoms with Crippen LogP contribution in [0.5, 0.6) is 0 Å². The SMILES string of the molecule is CCCCNC(=O)C1CCN(C(=O)c2cc(CCC)[nH]n2)CC1. The van der Waals surface area contributed by atoms with Gasteiger partial charge < -0.3 is 10.2 Å². The number of aromatic amines is 1. The molecule has 0 atom stereocenters. The molecule has 6 heteroatoms. The number of hydrogen-bond donors (Lipinski definition) is 2. The fraction of sp³-hybridized carbons (Fsp3) is 0.706. The zero-order chi connectivity index (χ0) is 16.7. The van der Waals surface area contributed by atoms with Gasteiger partial charge >= 0.3 is 0 Å². The number of hydrogen-bond acceptors (Lipinski definition) is 3. The number of aromatic nitrogens is 2. The summed E-state index contributed by atoms with van der Waals surface area (Å²) < 4.78 is 0. The number of rotatable bonds is 7. The highest BCUT2D eigenvalue weighted by atomic mass is 16.2. The Morgan fingerprint density at radius 1 is 1.30 bits per heavy atom. The van der Waals surface area contributed by atoms with Gasteiger partial charge in [0.25, 0.3) is 5.91 Å². The molecule has 2 heterocycles. The number of carbonyl (C=O) groups is 2. The molecular formula is C17H28N4O2. The zero-order valence-electron chi connectivity index (χ0n) is 14.2. The Hall–Kier alpha value is -1.85. The van der Waals surface area contributed by atoms with Crippen molar-refractivity contribution < 1.29 is 9.59 Å². The molecule has 0 bridgehead atoms. The quantitative estimate of drug-likeness (QED) is 0.756. The van der Waals surface area contributed by atoms with Crippen molar-refractivity contribution in [3.8, 4) is 0 Å². The highest BCUT2D eigenvalue weighted by molar-refractivity contribution is 5.92. The van der Waals surface area contributed by atoms with Gasteiger partial charge in [-0.25, -0.2) is 0 Å². The van der Waals surface area contributed by atoms with Gasteiger partial charge in [-0.1, -0.05) is 26.7 Å². The summed E-state index contributed by atoms with van der Waals surface area (Å²) in [6, 6.07) is 1.84. The molecule has 0 spiro atoms. The van der Waals surface area contributed by atoms with Crippen molar-refractivity contribution in [1.82, 2.24) is 20.4 Å². The normalized spacial score (nSPS) is 15.7. The number of nitrogens with one attached hydrogen (secondary N) is 2. The molecule has 1 saturated heterocycles. The lowest BCUT2D eigenvalue weighted by Crippen LogP contribution is -2.43. The number of H-pyrrole nitrogens is 1. The van der Waals surface area contributed by atoms with Crippen LogP contribution < -0.4 is 5.32 Å². The minimum absolute atomic E-state index is 0.0331. The second-order valence-electron chi connectivity index (χ2n) is 6.24. The fourth-order valence-electron chi connectivity index (χ4n) is 2.91. The molecule has 2 N–H and O–H groups in total. The van der Waals surface area contributed by atoms with E-state index in [2.05, 4.69) is 29.4 Å². The van der Waals surface area contributed by atoms with Gasteiger partial charge in [0.1, 0.15) is 5.69 Å². The van der Waals surface area contributed by atoms with Crippen molar-refractivity contribution in [2.75, 3.05) is 19.6 Å². The first-order valence-electron chi connectivity index (χ1n) is 8.77. The highest BCUT2D eigenvalue weighted by Crippen LogP contribution is 2.19. The highest BCUT2D eigenvalue weighted by Gasteiger charge is 2.28. The lowest BCUT2D eigenvalue weighted by molar-refractivity contribution is -0.126. The Labute approximate surface area is 138 Å². The van der Waals surface area contributed by atoms with Gasteiger partial charge in [0.05, 0.1) is 0 Å². The summed E-state index contributed by atoms with van der Waals surface area (Å²) in [7, 11) is 0. The second kappa shape index (κ2) is 8.70. The van der Waals surface area contributed by atoms with E-state index in [1.54, 1.807) is 0 Å². The third-order valence-electron chi connectivity index (χ3n) is 4.35. The summed E-state index contributed by atoms with van der Waals surface area (Å²) in [6.07, 6.45) is 5.49. The lowest BCUT2D eigenvalue weighted by atomic mass is 9.95. The second-order valence-corrected chi connectivity index (χ2v) is 6.24. The molecule has 1 aliphatic rings. The van der Waals surface area contributed by atoms with Crippen LogP contribution in [0.4, 0.5) is 0 Å². The summed E-state index contributed by atoms with van der Waals surface area (Å²) >= 11 is 0. The van der Waals surface area contributed by atoms with Gasteiger partial charge in [-0.3, -0.25) is 14.7 Å². The van der Waals surface area contributed by atoms with Crippen LogP contribution in [0.3, 0.4) is 0 Å². The predicted molar refractivity (Wildman–Crippen MR) is 89.1 cm³/mol. The summed E-state index contributed by atoms with van der Waals surface area (Å²) in [6.45, 7) is 6.21. The van der Waals surface area contributed by atoms with Crippen molar-refractivity contribution in [3.05, 3.63) is 17.5 Å². The van der Waals surface area contributed by atoms with Crippen LogP contribution in [-0.2, 0) is 11.2 Å². The number of carbonyl (C=O) groups excluding carboxylic acids is 2. The number of likely N-dealkylation sites (tertiary alicyclic amines) is 1. The molecule has 0 saturated carbocycles. The summed E-state index contributed by atoms with van der Waals surface area (Å²) in [5.41, 5.74) is 1.49. The molecule has 2 amide bonds. The molecular weight excluding hydrogens is 292 g/mol. The van der Waals surface area contributed by atoms with Crippen molar-refractivity contribution in [2.45, 2.75) is 52.4 Å². The molecule has 0 unspecified atom stereocenters. The van der Waals surface area contributed by atoms with E-state index in [0.717, 1.165) is 50.8 Å². The minimum atomic E-state index is -0.0338. The molecule has 1 aromatic rings. The van der Waals surface area contributed by atoms with Crippen molar-refractivity contribution in [3.63, 3.8) is 0 Å². The van der Waals surface area contributed by atoms with Crippen LogP contribution >= 0.6 is 0 Å². The molecule has 1 fully saturated rings. The van der Waals surface area contributed by atoms with Gasteiger partial charge in [0.15, 0.2) is 0 Å². The average Bonchev–Trinajstić information content (AvgIpc) is 3.03. The van der Waals surface area contributed by atoms with Crippen molar-refractivity contribution in [2.24, 2.45) is 5.92 Å². The molecule has 128 valence electrons. The van der Waals surface area contributed by atoms with Crippen LogP contribution in [0.15, 0.2) is 6.07 Å². The standard InChI is InChI=1S/C17H28N4O2/c1-3-5-9-18-16(22)13-7-10-21(11-8-13)17(23)15-12-14(6-4-2)19-20-15/h12-13H,3-11H2,1-2H3,(H,18,22)(H,19,20). The maximum Gasteiger partial charge on any atom is 0.274 e. The zero-order valence-corrected chi connectivity index (χ0v) is 14.2. The molecule has 0 radical (unpaired) electrons. The summed E-state index contributed by atoms with van der Waals surface area (Å²) in [4.78, 5) is 26.3. The Morgan fingerprint density at radius 3 is 2.70 bits per heavy atom. The van der Waals surface area contributed by atoms with Crippen molar-refractivity contribution in [1.29, 1.82) is 0 Å². The molecule has 0 aliphatic carbocycles. The van der Waals surface area contributed by atoms with E-state index < -0.39 is 0 Å². The first kappa shape index (κ1) is 17.5. The third-order valence-corrected chi connectivity index (χ3v) is 4.35. The third kappa shape index (κ3) is 4.81. The molecule has 2 rings (SSSR count). The number of nitrogens with zero attached hydrogens (tertiary/aromatic N) is 2. The van der Waals surface area contributed by atoms with Gasteiger partial charge in [-0.05, 0) is 31.7 Å². The van der Waals surface area contributed by atoms with Gasteiger partial charge in [0.2, 0.25) is 5.91 Å². The molecule has 1 aliphatic heterocycles. The number of unbranched alkanes of at least 4 members (excludes halogenated alkanes) is 1. The van der Waals surface area contributed by atoms with Gasteiger partial charge in [0, 0.05) is 31.2 Å². The van der Waals surface area contributed by atoms with E-state index in [4.69, 9.17) is 0 Å². The van der Waals surface area contributed by atoms with Crippen LogP contribution in [-0.4, -0.2) is 46.5 Å². The van der Waals surface area contributed by atoms with E-state index in [1.807, 2.05) is 11.0 Å². The Balaban J connectivity index is 1.81. The summed E-state index contributed by atoms with van der Waals surface area (Å²) in [5.74, 6) is 0.134. The Kier molecular flexibility index (Phi) is 6.62. The van der Waals surface area contributed by atoms with Crippen molar-refractivity contribution >= 4 is 11.8 Å². The van der Waals surface area contributed by atoms with E-state index in [0.29, 0.717) is 18.8 Å². The molecule has 6 nitrogen and oxygen atoms in total. The largest absolute Gasteiger partial charge is 0.356 e. The minimum Gasteiger partial charge on any atom is -0.356 e. The lowest BCUT2D eigenvalue weighted by Gasteiger charge is -2.30. The maximum absolute atomic E-state index is 12.4. The molecule has 1 aromatic heterocycles. The van der Waals surface area contributed by atoms with Gasteiger partial charge in [-0.2, -0.15) is 5.10 Å².